The molecule has 1 N–H and O–H groups in total. The van der Waals surface area contributed by atoms with Gasteiger partial charge in [0, 0.05) is 18.1 Å². The van der Waals surface area contributed by atoms with E-state index in [1.54, 1.807) is 13.0 Å². The Labute approximate surface area is 81.0 Å². The van der Waals surface area contributed by atoms with Crippen molar-refractivity contribution in [1.82, 2.24) is 5.16 Å². The van der Waals surface area contributed by atoms with E-state index in [4.69, 9.17) is 14.4 Å². The molecular formula is C9H11NO4. The van der Waals surface area contributed by atoms with Crippen LogP contribution in [0.1, 0.15) is 18.6 Å². The molecule has 0 radical (unpaired) electrons. The second kappa shape index (κ2) is 4.45. The highest BCUT2D eigenvalue weighted by molar-refractivity contribution is 5.79. The molecule has 0 aliphatic rings. The van der Waals surface area contributed by atoms with E-state index >= 15 is 0 Å². The van der Waals surface area contributed by atoms with Gasteiger partial charge in [-0.3, -0.25) is 0 Å². The minimum atomic E-state index is -0.983. The summed E-state index contributed by atoms with van der Waals surface area (Å²) in [6.45, 7) is 1.80. The molecule has 0 saturated carbocycles. The lowest BCUT2D eigenvalue weighted by Crippen LogP contribution is -1.90. The molecule has 1 rings (SSSR count). The molecule has 1 atom stereocenters. The van der Waals surface area contributed by atoms with Crippen LogP contribution in [0.25, 0.3) is 0 Å². The van der Waals surface area contributed by atoms with Gasteiger partial charge in [0.05, 0.1) is 7.11 Å². The van der Waals surface area contributed by atoms with Gasteiger partial charge in [-0.2, -0.15) is 0 Å². The van der Waals surface area contributed by atoms with Crippen molar-refractivity contribution in [3.8, 4) is 5.88 Å². The first kappa shape index (κ1) is 10.3. The number of aromatic nitrogens is 1. The standard InChI is InChI=1S/C9H11NO4/c1-6(3-4-9(11)12)7-5-8(13-2)10-14-7/h3-6H,1-2H3,(H,11,12)/b4-3-. The van der Waals surface area contributed by atoms with E-state index in [-0.39, 0.29) is 5.92 Å². The van der Waals surface area contributed by atoms with Crippen molar-refractivity contribution in [3.63, 3.8) is 0 Å². The van der Waals surface area contributed by atoms with Gasteiger partial charge in [-0.1, -0.05) is 13.0 Å². The third kappa shape index (κ3) is 2.62. The summed E-state index contributed by atoms with van der Waals surface area (Å²) < 4.78 is 9.76. The molecule has 5 heteroatoms. The van der Waals surface area contributed by atoms with Gasteiger partial charge in [-0.05, 0) is 5.16 Å². The van der Waals surface area contributed by atoms with Crippen LogP contribution >= 0.6 is 0 Å². The third-order valence-corrected chi connectivity index (χ3v) is 1.69. The molecule has 0 aromatic carbocycles. The lowest BCUT2D eigenvalue weighted by molar-refractivity contribution is -0.131. The number of aliphatic carboxylic acids is 1. The Bertz CT molecular complexity index is 342. The number of carbonyl (C=O) groups is 1. The lowest BCUT2D eigenvalue weighted by atomic mass is 10.1. The SMILES string of the molecule is COc1cc(C(C)/C=C\C(=O)O)on1. The zero-order valence-corrected chi connectivity index (χ0v) is 7.93. The maximum atomic E-state index is 10.2. The topological polar surface area (TPSA) is 72.6 Å². The smallest absolute Gasteiger partial charge is 0.327 e. The molecule has 0 saturated heterocycles. The molecule has 0 amide bonds. The molecule has 0 aliphatic heterocycles. The molecule has 1 aromatic heterocycles. The molecule has 0 bridgehead atoms. The van der Waals surface area contributed by atoms with E-state index in [1.807, 2.05) is 0 Å². The molecule has 1 heterocycles. The molecule has 76 valence electrons. The third-order valence-electron chi connectivity index (χ3n) is 1.69. The predicted molar refractivity (Wildman–Crippen MR) is 48.2 cm³/mol. The summed E-state index contributed by atoms with van der Waals surface area (Å²) >= 11 is 0. The number of hydrogen-bond acceptors (Lipinski definition) is 4. The van der Waals surface area contributed by atoms with Gasteiger partial charge in [-0.25, -0.2) is 4.79 Å². The minimum absolute atomic E-state index is 0.137. The second-order valence-electron chi connectivity index (χ2n) is 2.76. The Hall–Kier alpha value is -1.78. The number of carboxylic acid groups (broad SMARTS) is 1. The van der Waals surface area contributed by atoms with Gasteiger partial charge in [0.15, 0.2) is 0 Å². The zero-order chi connectivity index (χ0) is 10.6. The summed E-state index contributed by atoms with van der Waals surface area (Å²) in [5.41, 5.74) is 0. The fourth-order valence-corrected chi connectivity index (χ4v) is 0.904. The van der Waals surface area contributed by atoms with E-state index in [1.165, 1.54) is 13.2 Å². The molecule has 5 nitrogen and oxygen atoms in total. The van der Waals surface area contributed by atoms with Crippen molar-refractivity contribution in [2.45, 2.75) is 12.8 Å². The lowest BCUT2D eigenvalue weighted by Gasteiger charge is -1.97. The number of ether oxygens (including phenoxy) is 1. The largest absolute Gasteiger partial charge is 0.479 e. The van der Waals surface area contributed by atoms with Crippen LogP contribution in [0.3, 0.4) is 0 Å². The van der Waals surface area contributed by atoms with Crippen LogP contribution in [0, 0.1) is 0 Å². The van der Waals surface area contributed by atoms with Gasteiger partial charge in [0.25, 0.3) is 5.88 Å². The van der Waals surface area contributed by atoms with Gasteiger partial charge in [-0.15, -0.1) is 0 Å². The van der Waals surface area contributed by atoms with Crippen molar-refractivity contribution in [1.29, 1.82) is 0 Å². The van der Waals surface area contributed by atoms with Crippen LogP contribution in [-0.4, -0.2) is 23.3 Å². The molecule has 0 spiro atoms. The van der Waals surface area contributed by atoms with Gasteiger partial charge in [0.1, 0.15) is 5.76 Å². The molecule has 14 heavy (non-hydrogen) atoms. The first-order valence-electron chi connectivity index (χ1n) is 4.05. The molecule has 1 unspecified atom stereocenters. The Morgan fingerprint density at radius 2 is 2.50 bits per heavy atom. The highest BCUT2D eigenvalue weighted by atomic mass is 16.5. The minimum Gasteiger partial charge on any atom is -0.479 e. The summed E-state index contributed by atoms with van der Waals surface area (Å²) in [5.74, 6) is -0.166. The van der Waals surface area contributed by atoms with Crippen LogP contribution in [0.2, 0.25) is 0 Å². The van der Waals surface area contributed by atoms with Crippen molar-refractivity contribution < 1.29 is 19.2 Å². The Morgan fingerprint density at radius 1 is 1.79 bits per heavy atom. The second-order valence-corrected chi connectivity index (χ2v) is 2.76. The average molecular weight is 197 g/mol. The van der Waals surface area contributed by atoms with Crippen LogP contribution in [-0.2, 0) is 4.79 Å². The summed E-state index contributed by atoms with van der Waals surface area (Å²) in [6, 6.07) is 1.62. The normalized spacial score (nSPS) is 13.0. The van der Waals surface area contributed by atoms with Crippen LogP contribution in [0.15, 0.2) is 22.7 Å². The Kier molecular flexibility index (Phi) is 3.28. The number of allylic oxidation sites excluding steroid dienone is 1. The maximum absolute atomic E-state index is 10.2. The van der Waals surface area contributed by atoms with Crippen LogP contribution < -0.4 is 4.74 Å². The molecular weight excluding hydrogens is 186 g/mol. The van der Waals surface area contributed by atoms with Crippen molar-refractivity contribution in [2.75, 3.05) is 7.11 Å². The van der Waals surface area contributed by atoms with Gasteiger partial charge in [0.2, 0.25) is 0 Å². The Morgan fingerprint density at radius 3 is 3.00 bits per heavy atom. The summed E-state index contributed by atoms with van der Waals surface area (Å²) in [6.07, 6.45) is 2.59. The quantitative estimate of drug-likeness (QED) is 0.739. The number of rotatable bonds is 4. The number of carboxylic acids is 1. The van der Waals surface area contributed by atoms with E-state index in [9.17, 15) is 4.79 Å². The van der Waals surface area contributed by atoms with Gasteiger partial charge < -0.3 is 14.4 Å². The summed E-state index contributed by atoms with van der Waals surface area (Å²) in [4.78, 5) is 10.2. The average Bonchev–Trinajstić information content (AvgIpc) is 2.62. The maximum Gasteiger partial charge on any atom is 0.327 e. The van der Waals surface area contributed by atoms with Crippen molar-refractivity contribution >= 4 is 5.97 Å². The molecule has 0 aliphatic carbocycles. The number of nitrogens with zero attached hydrogens (tertiary/aromatic N) is 1. The number of hydrogen-bond donors (Lipinski definition) is 1. The van der Waals surface area contributed by atoms with Crippen molar-refractivity contribution in [2.24, 2.45) is 0 Å². The first-order chi connectivity index (χ1) is 6.63. The summed E-state index contributed by atoms with van der Waals surface area (Å²) in [5, 5.41) is 12.0. The van der Waals surface area contributed by atoms with E-state index < -0.39 is 5.97 Å². The molecule has 0 fully saturated rings. The monoisotopic (exact) mass is 197 g/mol. The Balaban J connectivity index is 2.69. The highest BCUT2D eigenvalue weighted by Gasteiger charge is 2.09. The fourth-order valence-electron chi connectivity index (χ4n) is 0.904. The zero-order valence-electron chi connectivity index (χ0n) is 7.93. The van der Waals surface area contributed by atoms with E-state index in [2.05, 4.69) is 5.16 Å². The predicted octanol–water partition coefficient (Wildman–Crippen LogP) is 1.43. The molecule has 1 aromatic rings. The summed E-state index contributed by atoms with van der Waals surface area (Å²) in [7, 11) is 1.49. The van der Waals surface area contributed by atoms with Crippen LogP contribution in [0.4, 0.5) is 0 Å². The fraction of sp³-hybridized carbons (Fsp3) is 0.333. The van der Waals surface area contributed by atoms with E-state index in [0.717, 1.165) is 6.08 Å². The first-order valence-corrected chi connectivity index (χ1v) is 4.05. The van der Waals surface area contributed by atoms with Crippen molar-refractivity contribution in [3.05, 3.63) is 24.0 Å². The highest BCUT2D eigenvalue weighted by Crippen LogP contribution is 2.20. The number of methoxy groups -OCH3 is 1. The van der Waals surface area contributed by atoms with Gasteiger partial charge >= 0.3 is 5.97 Å². The van der Waals surface area contributed by atoms with Crippen LogP contribution in [0.5, 0.6) is 5.88 Å². The van der Waals surface area contributed by atoms with E-state index in [0.29, 0.717) is 11.6 Å².